The van der Waals surface area contributed by atoms with Crippen LogP contribution in [-0.4, -0.2) is 5.78 Å². The molecule has 0 aliphatic heterocycles. The van der Waals surface area contributed by atoms with Crippen LogP contribution in [0.1, 0.15) is 33.0 Å². The van der Waals surface area contributed by atoms with Crippen molar-refractivity contribution in [2.24, 2.45) is 0 Å². The van der Waals surface area contributed by atoms with E-state index in [1.54, 1.807) is 6.07 Å². The number of rotatable bonds is 2. The molecule has 3 aromatic carbocycles. The number of benzene rings is 3. The molecule has 0 saturated carbocycles. The summed E-state index contributed by atoms with van der Waals surface area (Å²) in [4.78, 5) is 12.9. The van der Waals surface area contributed by atoms with E-state index in [4.69, 9.17) is 0 Å². The van der Waals surface area contributed by atoms with Crippen LogP contribution in [0.3, 0.4) is 0 Å². The second-order valence-corrected chi connectivity index (χ2v) is 6.03. The molecular formula is C22H14F2O. The maximum Gasteiger partial charge on any atom is 0.190 e. The molecule has 0 unspecified atom stereocenters. The SMILES string of the molecule is O=C1C(=Cc2cc(F)ccc2F)[C@@H](c2ccccc2)c2ccccc21. The van der Waals surface area contributed by atoms with Gasteiger partial charge in [-0.2, -0.15) is 0 Å². The standard InChI is InChI=1S/C22H14F2O/c23-16-10-11-20(24)15(12-16)13-19-21(14-6-2-1-3-7-14)17-8-4-5-9-18(17)22(19)25/h1-13,21H/t21-/m0/s1. The summed E-state index contributed by atoms with van der Waals surface area (Å²) in [6, 6.07) is 20.2. The van der Waals surface area contributed by atoms with E-state index in [0.717, 1.165) is 29.3 Å². The minimum Gasteiger partial charge on any atom is -0.289 e. The van der Waals surface area contributed by atoms with E-state index in [-0.39, 0.29) is 17.3 Å². The molecule has 1 nitrogen and oxygen atoms in total. The highest BCUT2D eigenvalue weighted by Crippen LogP contribution is 2.42. The quantitative estimate of drug-likeness (QED) is 0.576. The number of hydrogen-bond donors (Lipinski definition) is 0. The van der Waals surface area contributed by atoms with Crippen LogP contribution >= 0.6 is 0 Å². The third-order valence-electron chi connectivity index (χ3n) is 4.49. The van der Waals surface area contributed by atoms with Gasteiger partial charge in [0.15, 0.2) is 5.78 Å². The molecule has 0 N–H and O–H groups in total. The molecule has 25 heavy (non-hydrogen) atoms. The Hall–Kier alpha value is -3.07. The maximum atomic E-state index is 14.1. The minimum absolute atomic E-state index is 0.0806. The molecule has 1 aliphatic rings. The summed E-state index contributed by atoms with van der Waals surface area (Å²) >= 11 is 0. The summed E-state index contributed by atoms with van der Waals surface area (Å²) in [5, 5.41) is 0. The number of halogens is 2. The summed E-state index contributed by atoms with van der Waals surface area (Å²) in [5.74, 6) is -1.52. The van der Waals surface area contributed by atoms with Gasteiger partial charge in [0.2, 0.25) is 0 Å². The van der Waals surface area contributed by atoms with Crippen molar-refractivity contribution in [2.75, 3.05) is 0 Å². The van der Waals surface area contributed by atoms with Crippen LogP contribution in [0, 0.1) is 11.6 Å². The van der Waals surface area contributed by atoms with Crippen molar-refractivity contribution in [3.63, 3.8) is 0 Å². The Morgan fingerprint density at radius 3 is 2.36 bits per heavy atom. The minimum atomic E-state index is -0.551. The van der Waals surface area contributed by atoms with Crippen molar-refractivity contribution in [3.8, 4) is 0 Å². The first kappa shape index (κ1) is 15.5. The third-order valence-corrected chi connectivity index (χ3v) is 4.49. The van der Waals surface area contributed by atoms with Gasteiger partial charge in [-0.1, -0.05) is 54.6 Å². The number of Topliss-reactive ketones (excluding diaryl/α,β-unsaturated/α-hetero) is 1. The fraction of sp³-hybridized carbons (Fsp3) is 0.0455. The molecule has 122 valence electrons. The summed E-state index contributed by atoms with van der Waals surface area (Å²) in [7, 11) is 0. The van der Waals surface area contributed by atoms with Gasteiger partial charge < -0.3 is 0 Å². The van der Waals surface area contributed by atoms with Gasteiger partial charge in [0.25, 0.3) is 0 Å². The Balaban J connectivity index is 1.93. The van der Waals surface area contributed by atoms with E-state index in [9.17, 15) is 13.6 Å². The van der Waals surface area contributed by atoms with Gasteiger partial charge in [-0.15, -0.1) is 0 Å². The molecule has 1 atom stereocenters. The highest BCUT2D eigenvalue weighted by atomic mass is 19.1. The number of carbonyl (C=O) groups is 1. The van der Waals surface area contributed by atoms with Crippen LogP contribution in [0.5, 0.6) is 0 Å². The molecule has 0 bridgehead atoms. The van der Waals surface area contributed by atoms with Crippen molar-refractivity contribution in [1.82, 2.24) is 0 Å². The molecule has 0 aromatic heterocycles. The predicted octanol–water partition coefficient (Wildman–Crippen LogP) is 5.38. The summed E-state index contributed by atoms with van der Waals surface area (Å²) < 4.78 is 27.6. The van der Waals surface area contributed by atoms with Gasteiger partial charge in [0, 0.05) is 22.6 Å². The zero-order chi connectivity index (χ0) is 17.4. The van der Waals surface area contributed by atoms with Gasteiger partial charge in [0.05, 0.1) is 0 Å². The lowest BCUT2D eigenvalue weighted by atomic mass is 9.89. The molecule has 0 fully saturated rings. The topological polar surface area (TPSA) is 17.1 Å². The molecule has 4 rings (SSSR count). The third kappa shape index (κ3) is 2.68. The maximum absolute atomic E-state index is 14.1. The molecule has 3 heteroatoms. The van der Waals surface area contributed by atoms with Crippen molar-refractivity contribution < 1.29 is 13.6 Å². The van der Waals surface area contributed by atoms with Crippen molar-refractivity contribution in [1.29, 1.82) is 0 Å². The van der Waals surface area contributed by atoms with E-state index in [2.05, 4.69) is 0 Å². The zero-order valence-corrected chi connectivity index (χ0v) is 13.2. The highest BCUT2D eigenvalue weighted by Gasteiger charge is 2.35. The van der Waals surface area contributed by atoms with Crippen LogP contribution in [0.4, 0.5) is 8.78 Å². The Bertz CT molecular complexity index is 990. The van der Waals surface area contributed by atoms with Crippen molar-refractivity contribution in [3.05, 3.63) is 112 Å². The van der Waals surface area contributed by atoms with Gasteiger partial charge in [0.1, 0.15) is 11.6 Å². The van der Waals surface area contributed by atoms with Crippen LogP contribution in [0.2, 0.25) is 0 Å². The van der Waals surface area contributed by atoms with Crippen molar-refractivity contribution in [2.45, 2.75) is 5.92 Å². The molecule has 0 saturated heterocycles. The summed E-state index contributed by atoms with van der Waals surface area (Å²) in [6.45, 7) is 0. The lowest BCUT2D eigenvalue weighted by Crippen LogP contribution is -2.03. The number of allylic oxidation sites excluding steroid dienone is 1. The Kier molecular flexibility index (Phi) is 3.77. The number of hydrogen-bond acceptors (Lipinski definition) is 1. The fourth-order valence-electron chi connectivity index (χ4n) is 3.36. The van der Waals surface area contributed by atoms with Gasteiger partial charge in [-0.05, 0) is 35.4 Å². The number of fused-ring (bicyclic) bond motifs is 1. The Morgan fingerprint density at radius 2 is 1.56 bits per heavy atom. The van der Waals surface area contributed by atoms with Crippen molar-refractivity contribution >= 4 is 11.9 Å². The smallest absolute Gasteiger partial charge is 0.190 e. The average molecular weight is 332 g/mol. The normalized spacial score (nSPS) is 17.8. The molecule has 0 amide bonds. The molecule has 3 aromatic rings. The Labute approximate surface area is 144 Å². The summed E-state index contributed by atoms with van der Waals surface area (Å²) in [5.41, 5.74) is 2.99. The molecule has 1 aliphatic carbocycles. The van der Waals surface area contributed by atoms with Gasteiger partial charge in [-0.25, -0.2) is 8.78 Å². The lowest BCUT2D eigenvalue weighted by molar-refractivity contribution is 0.103. The Morgan fingerprint density at radius 1 is 0.840 bits per heavy atom. The van der Waals surface area contributed by atoms with E-state index in [1.807, 2.05) is 48.5 Å². The van der Waals surface area contributed by atoms with E-state index in [1.165, 1.54) is 6.08 Å². The van der Waals surface area contributed by atoms with Crippen LogP contribution in [-0.2, 0) is 0 Å². The summed E-state index contributed by atoms with van der Waals surface area (Å²) in [6.07, 6.45) is 1.47. The fourth-order valence-corrected chi connectivity index (χ4v) is 3.36. The molecule has 0 radical (unpaired) electrons. The first-order valence-electron chi connectivity index (χ1n) is 8.00. The number of carbonyl (C=O) groups excluding carboxylic acids is 1. The van der Waals surface area contributed by atoms with Crippen LogP contribution in [0.25, 0.3) is 6.08 Å². The lowest BCUT2D eigenvalue weighted by Gasteiger charge is -2.14. The van der Waals surface area contributed by atoms with E-state index in [0.29, 0.717) is 11.1 Å². The van der Waals surface area contributed by atoms with Crippen LogP contribution in [0.15, 0.2) is 78.4 Å². The van der Waals surface area contributed by atoms with Gasteiger partial charge >= 0.3 is 0 Å². The zero-order valence-electron chi connectivity index (χ0n) is 13.2. The molecule has 0 spiro atoms. The highest BCUT2D eigenvalue weighted by molar-refractivity contribution is 6.17. The second-order valence-electron chi connectivity index (χ2n) is 6.03. The first-order chi connectivity index (χ1) is 12.1. The number of ketones is 1. The molecular weight excluding hydrogens is 318 g/mol. The van der Waals surface area contributed by atoms with Crippen LogP contribution < -0.4 is 0 Å². The second kappa shape index (κ2) is 6.10. The largest absolute Gasteiger partial charge is 0.289 e. The first-order valence-corrected chi connectivity index (χ1v) is 8.00. The monoisotopic (exact) mass is 332 g/mol. The van der Waals surface area contributed by atoms with E-state index >= 15 is 0 Å². The van der Waals surface area contributed by atoms with E-state index < -0.39 is 11.6 Å². The molecule has 0 heterocycles. The average Bonchev–Trinajstić information content (AvgIpc) is 2.91. The van der Waals surface area contributed by atoms with Gasteiger partial charge in [-0.3, -0.25) is 4.79 Å². The predicted molar refractivity (Wildman–Crippen MR) is 93.4 cm³/mol.